The summed E-state index contributed by atoms with van der Waals surface area (Å²) in [6.07, 6.45) is -0.879. The molecule has 2 atom stereocenters. The number of nitrogens with zero attached hydrogens (tertiary/aromatic N) is 2. The highest BCUT2D eigenvalue weighted by Crippen LogP contribution is 2.52. The van der Waals surface area contributed by atoms with Crippen LogP contribution >= 0.6 is 22.9 Å². The van der Waals surface area contributed by atoms with Crippen LogP contribution in [0, 0.1) is 5.82 Å². The lowest BCUT2D eigenvalue weighted by atomic mass is 9.94. The van der Waals surface area contributed by atoms with Gasteiger partial charge in [-0.3, -0.25) is 9.69 Å². The number of alkyl halides is 2. The first kappa shape index (κ1) is 24.5. The van der Waals surface area contributed by atoms with Crippen LogP contribution in [0.4, 0.5) is 18.3 Å². The second-order valence-electron chi connectivity index (χ2n) is 9.44. The van der Waals surface area contributed by atoms with Crippen molar-refractivity contribution in [1.82, 2.24) is 9.88 Å². The third-order valence-corrected chi connectivity index (χ3v) is 8.26. The van der Waals surface area contributed by atoms with Crippen molar-refractivity contribution in [1.29, 1.82) is 0 Å². The van der Waals surface area contributed by atoms with Gasteiger partial charge in [-0.1, -0.05) is 35.1 Å². The van der Waals surface area contributed by atoms with Gasteiger partial charge in [-0.15, -0.1) is 8.78 Å². The van der Waals surface area contributed by atoms with Gasteiger partial charge in [-0.25, -0.2) is 9.37 Å². The molecule has 6 rings (SSSR count). The number of ether oxygens (including phenoxy) is 2. The summed E-state index contributed by atoms with van der Waals surface area (Å²) in [5, 5.41) is 13.6. The lowest BCUT2D eigenvalue weighted by molar-refractivity contribution is -0.286. The van der Waals surface area contributed by atoms with Crippen molar-refractivity contribution in [3.63, 3.8) is 0 Å². The minimum atomic E-state index is -3.73. The quantitative estimate of drug-likeness (QED) is 0.444. The van der Waals surface area contributed by atoms with Gasteiger partial charge in [0.05, 0.1) is 17.6 Å². The van der Waals surface area contributed by atoms with Gasteiger partial charge in [-0.2, -0.15) is 0 Å². The van der Waals surface area contributed by atoms with E-state index in [1.165, 1.54) is 35.6 Å². The number of benzene rings is 2. The molecule has 0 spiro atoms. The number of β-amino-alcohol motifs (C(OH)–C–C–N with tert-alkyl or cyclic N) is 1. The van der Waals surface area contributed by atoms with Crippen LogP contribution in [-0.4, -0.2) is 46.4 Å². The maximum Gasteiger partial charge on any atom is 0.586 e. The molecule has 1 amide bonds. The summed E-state index contributed by atoms with van der Waals surface area (Å²) in [7, 11) is 0. The Morgan fingerprint density at radius 3 is 2.70 bits per heavy atom. The van der Waals surface area contributed by atoms with E-state index in [2.05, 4.69) is 19.8 Å². The number of fused-ring (bicyclic) bond motifs is 1. The molecule has 1 unspecified atom stereocenters. The van der Waals surface area contributed by atoms with E-state index in [0.717, 1.165) is 4.88 Å². The molecule has 2 aliphatic heterocycles. The number of aliphatic hydroxyl groups excluding tert-OH is 1. The van der Waals surface area contributed by atoms with Crippen molar-refractivity contribution in [3.8, 4) is 11.5 Å². The second-order valence-corrected chi connectivity index (χ2v) is 10.9. The van der Waals surface area contributed by atoms with Crippen LogP contribution in [0.15, 0.2) is 42.6 Å². The first-order valence-corrected chi connectivity index (χ1v) is 12.9. The zero-order valence-corrected chi connectivity index (χ0v) is 20.8. The Bertz CT molecular complexity index is 1380. The molecule has 1 aliphatic carbocycles. The van der Waals surface area contributed by atoms with Gasteiger partial charge in [-0.05, 0) is 54.7 Å². The molecule has 1 saturated heterocycles. The molecule has 0 bridgehead atoms. The molecule has 12 heteroatoms. The van der Waals surface area contributed by atoms with Crippen LogP contribution in [-0.2, 0) is 10.2 Å². The fraction of sp³-hybridized carbons (Fsp3) is 0.360. The lowest BCUT2D eigenvalue weighted by Crippen LogP contribution is -2.28. The first-order chi connectivity index (χ1) is 17.6. The number of carbonyl (C=O) groups excluding carboxylic acids is 1. The van der Waals surface area contributed by atoms with Gasteiger partial charge >= 0.3 is 6.29 Å². The lowest BCUT2D eigenvalue weighted by Gasteiger charge is -2.27. The molecule has 1 aromatic heterocycles. The van der Waals surface area contributed by atoms with Gasteiger partial charge in [0, 0.05) is 29.2 Å². The Labute approximate surface area is 218 Å². The number of anilines is 1. The molecular formula is C25H21ClF3N3O4S. The van der Waals surface area contributed by atoms with Crippen molar-refractivity contribution in [2.24, 2.45) is 0 Å². The van der Waals surface area contributed by atoms with Crippen LogP contribution in [0.2, 0.25) is 5.02 Å². The molecule has 3 aromatic rings. The van der Waals surface area contributed by atoms with Crippen LogP contribution in [0.3, 0.4) is 0 Å². The summed E-state index contributed by atoms with van der Waals surface area (Å²) < 4.78 is 49.6. The maximum absolute atomic E-state index is 13.7. The van der Waals surface area contributed by atoms with Crippen LogP contribution < -0.4 is 14.8 Å². The average molecular weight is 552 g/mol. The molecule has 2 fully saturated rings. The SMILES string of the molecule is O=C(Nc1ncc([C@@H](c2ccc(F)cc2Cl)N2CCC(O)C2)s1)C1(c2ccc3c(c2)OC(F)(F)O3)CC1. The topological polar surface area (TPSA) is 83.9 Å². The predicted molar refractivity (Wildman–Crippen MR) is 130 cm³/mol. The van der Waals surface area contributed by atoms with Gasteiger partial charge < -0.3 is 19.9 Å². The Morgan fingerprint density at radius 1 is 1.22 bits per heavy atom. The predicted octanol–water partition coefficient (Wildman–Crippen LogP) is 5.08. The number of thiazole rings is 1. The molecule has 2 N–H and O–H groups in total. The molecule has 0 radical (unpaired) electrons. The van der Waals surface area contributed by atoms with Crippen molar-refractivity contribution in [2.45, 2.75) is 43.1 Å². The number of hydrogen-bond acceptors (Lipinski definition) is 7. The zero-order valence-electron chi connectivity index (χ0n) is 19.2. The third-order valence-electron chi connectivity index (χ3n) is 6.97. The van der Waals surface area contributed by atoms with E-state index in [-0.39, 0.29) is 28.5 Å². The van der Waals surface area contributed by atoms with Gasteiger partial charge in [0.2, 0.25) is 5.91 Å². The molecule has 7 nitrogen and oxygen atoms in total. The summed E-state index contributed by atoms with van der Waals surface area (Å²) in [5.41, 5.74) is 0.360. The molecule has 1 saturated carbocycles. The number of likely N-dealkylation sites (tertiary alicyclic amines) is 1. The van der Waals surface area contributed by atoms with E-state index in [1.807, 2.05) is 4.90 Å². The Kier molecular flexibility index (Phi) is 5.86. The number of rotatable bonds is 6. The Hall–Kier alpha value is -2.86. The number of nitrogens with one attached hydrogen (secondary N) is 1. The maximum atomic E-state index is 13.7. The van der Waals surface area contributed by atoms with E-state index >= 15 is 0 Å². The van der Waals surface area contributed by atoms with Crippen LogP contribution in [0.25, 0.3) is 0 Å². The van der Waals surface area contributed by atoms with Crippen molar-refractivity contribution in [3.05, 3.63) is 69.4 Å². The van der Waals surface area contributed by atoms with E-state index < -0.39 is 23.6 Å². The highest BCUT2D eigenvalue weighted by molar-refractivity contribution is 7.15. The van der Waals surface area contributed by atoms with Gasteiger partial charge in [0.15, 0.2) is 16.6 Å². The molecule has 2 aromatic carbocycles. The Morgan fingerprint density at radius 2 is 2.00 bits per heavy atom. The number of amides is 1. The minimum Gasteiger partial charge on any atom is -0.395 e. The number of hydrogen-bond donors (Lipinski definition) is 2. The minimum absolute atomic E-state index is 0.0768. The fourth-order valence-electron chi connectivity index (χ4n) is 4.96. The summed E-state index contributed by atoms with van der Waals surface area (Å²) in [6.45, 7) is 1.04. The van der Waals surface area contributed by atoms with Crippen molar-refractivity contribution < 1.29 is 32.5 Å². The zero-order chi connectivity index (χ0) is 25.9. The number of halogens is 4. The van der Waals surface area contributed by atoms with E-state index in [9.17, 15) is 23.1 Å². The number of aromatic nitrogens is 1. The molecule has 3 heterocycles. The standard InChI is InChI=1S/C25H21ClF3N3O4S/c26-17-10-14(27)2-3-16(17)21(32-8-5-15(33)12-32)20-11-30-23(37-20)31-22(34)24(6-7-24)13-1-4-18-19(9-13)36-25(28,29)35-18/h1-4,9-11,15,21,33H,5-8,12H2,(H,30,31,34)/t15?,21-/m1/s1. The Balaban J connectivity index is 1.24. The monoisotopic (exact) mass is 551 g/mol. The summed E-state index contributed by atoms with van der Waals surface area (Å²) in [6, 6.07) is 8.21. The second kappa shape index (κ2) is 8.87. The highest BCUT2D eigenvalue weighted by atomic mass is 35.5. The normalized spacial score (nSPS) is 22.1. The summed E-state index contributed by atoms with van der Waals surface area (Å²) in [4.78, 5) is 20.5. The van der Waals surface area contributed by atoms with E-state index in [1.54, 1.807) is 18.3 Å². The van der Waals surface area contributed by atoms with E-state index in [4.69, 9.17) is 11.6 Å². The molecule has 194 valence electrons. The van der Waals surface area contributed by atoms with Crippen LogP contribution in [0.1, 0.15) is 41.3 Å². The molecule has 37 heavy (non-hydrogen) atoms. The van der Waals surface area contributed by atoms with E-state index in [0.29, 0.717) is 48.6 Å². The van der Waals surface area contributed by atoms with Gasteiger partial charge in [0.25, 0.3) is 0 Å². The smallest absolute Gasteiger partial charge is 0.395 e. The van der Waals surface area contributed by atoms with Crippen LogP contribution in [0.5, 0.6) is 11.5 Å². The van der Waals surface area contributed by atoms with Crippen molar-refractivity contribution in [2.75, 3.05) is 18.4 Å². The fourth-order valence-corrected chi connectivity index (χ4v) is 6.20. The summed E-state index contributed by atoms with van der Waals surface area (Å²) >= 11 is 7.65. The number of carbonyl (C=O) groups is 1. The average Bonchev–Trinajstić information content (AvgIpc) is 3.16. The molecule has 3 aliphatic rings. The third kappa shape index (κ3) is 4.54. The van der Waals surface area contributed by atoms with Crippen molar-refractivity contribution >= 4 is 34.0 Å². The summed E-state index contributed by atoms with van der Waals surface area (Å²) in [5.74, 6) is -0.933. The molecular weight excluding hydrogens is 531 g/mol. The first-order valence-electron chi connectivity index (χ1n) is 11.7. The highest BCUT2D eigenvalue weighted by Gasteiger charge is 2.53. The number of aliphatic hydroxyl groups is 1. The largest absolute Gasteiger partial charge is 0.586 e. The van der Waals surface area contributed by atoms with Gasteiger partial charge in [0.1, 0.15) is 5.82 Å².